The number of benzene rings is 1. The number of anilines is 1. The summed E-state index contributed by atoms with van der Waals surface area (Å²) in [6.45, 7) is 1.04. The molecule has 3 N–H and O–H groups in total. The Labute approximate surface area is 106 Å². The van der Waals surface area contributed by atoms with Gasteiger partial charge in [-0.2, -0.15) is 0 Å². The second kappa shape index (κ2) is 6.19. The fourth-order valence-electron chi connectivity index (χ4n) is 1.13. The van der Waals surface area contributed by atoms with E-state index in [9.17, 15) is 22.8 Å². The van der Waals surface area contributed by atoms with Crippen molar-refractivity contribution in [2.24, 2.45) is 0 Å². The standard InChI is InChI=1S/C11H11F3N2O3/c1-5(4-17)15-10(18)11(19)16-9-3-7(13)6(12)2-8(9)14/h2-3,5,17H,4H2,1H3,(H,15,18)(H,16,19). The quantitative estimate of drug-likeness (QED) is 0.557. The first-order valence-corrected chi connectivity index (χ1v) is 5.22. The molecule has 0 aliphatic heterocycles. The minimum Gasteiger partial charge on any atom is -0.394 e. The third kappa shape index (κ3) is 3.95. The van der Waals surface area contributed by atoms with E-state index in [-0.39, 0.29) is 6.07 Å². The molecule has 1 aromatic carbocycles. The topological polar surface area (TPSA) is 78.4 Å². The van der Waals surface area contributed by atoms with Gasteiger partial charge in [-0.25, -0.2) is 13.2 Å². The van der Waals surface area contributed by atoms with E-state index in [1.165, 1.54) is 6.92 Å². The van der Waals surface area contributed by atoms with Crippen molar-refractivity contribution in [3.63, 3.8) is 0 Å². The van der Waals surface area contributed by atoms with Crippen LogP contribution < -0.4 is 10.6 Å². The molecule has 104 valence electrons. The van der Waals surface area contributed by atoms with Crippen LogP contribution in [0, 0.1) is 17.5 Å². The normalized spacial score (nSPS) is 11.8. The Bertz CT molecular complexity index is 508. The molecule has 5 nitrogen and oxygen atoms in total. The summed E-state index contributed by atoms with van der Waals surface area (Å²) in [4.78, 5) is 22.6. The van der Waals surface area contributed by atoms with Crippen LogP contribution in [-0.2, 0) is 9.59 Å². The minimum absolute atomic E-state index is 0.249. The van der Waals surface area contributed by atoms with E-state index in [1.807, 2.05) is 0 Å². The highest BCUT2D eigenvalue weighted by Gasteiger charge is 2.18. The van der Waals surface area contributed by atoms with Gasteiger partial charge in [0.05, 0.1) is 12.3 Å². The molecule has 0 aromatic heterocycles. The predicted molar refractivity (Wildman–Crippen MR) is 59.6 cm³/mol. The Balaban J connectivity index is 2.77. The summed E-state index contributed by atoms with van der Waals surface area (Å²) in [5.41, 5.74) is -0.657. The van der Waals surface area contributed by atoms with Gasteiger partial charge in [-0.15, -0.1) is 0 Å². The van der Waals surface area contributed by atoms with Crippen molar-refractivity contribution in [2.75, 3.05) is 11.9 Å². The molecule has 0 aliphatic rings. The lowest BCUT2D eigenvalue weighted by molar-refractivity contribution is -0.136. The molecule has 0 aliphatic carbocycles. The zero-order valence-corrected chi connectivity index (χ0v) is 9.84. The van der Waals surface area contributed by atoms with E-state index in [4.69, 9.17) is 5.11 Å². The number of aliphatic hydroxyl groups excluding tert-OH is 1. The Morgan fingerprint density at radius 3 is 2.32 bits per heavy atom. The van der Waals surface area contributed by atoms with Crippen LogP contribution in [0.4, 0.5) is 18.9 Å². The average molecular weight is 276 g/mol. The highest BCUT2D eigenvalue weighted by atomic mass is 19.2. The van der Waals surface area contributed by atoms with Crippen LogP contribution in [-0.4, -0.2) is 29.6 Å². The molecule has 19 heavy (non-hydrogen) atoms. The summed E-state index contributed by atoms with van der Waals surface area (Å²) in [6, 6.07) is -0.00195. The molecule has 0 radical (unpaired) electrons. The van der Waals surface area contributed by atoms with Crippen molar-refractivity contribution in [1.29, 1.82) is 0 Å². The second-order valence-electron chi connectivity index (χ2n) is 3.76. The van der Waals surface area contributed by atoms with Gasteiger partial charge in [0.25, 0.3) is 0 Å². The van der Waals surface area contributed by atoms with Gasteiger partial charge in [0.1, 0.15) is 5.82 Å². The summed E-state index contributed by atoms with van der Waals surface area (Å²) in [5.74, 6) is -6.37. The highest BCUT2D eigenvalue weighted by molar-refractivity contribution is 6.39. The van der Waals surface area contributed by atoms with Crippen LogP contribution in [0.15, 0.2) is 12.1 Å². The number of carbonyl (C=O) groups excluding carboxylic acids is 2. The van der Waals surface area contributed by atoms with Gasteiger partial charge in [0, 0.05) is 18.2 Å². The first kappa shape index (κ1) is 15.0. The molecule has 0 fully saturated rings. The minimum atomic E-state index is -1.41. The molecule has 0 spiro atoms. The lowest BCUT2D eigenvalue weighted by Crippen LogP contribution is -2.42. The Morgan fingerprint density at radius 2 is 1.74 bits per heavy atom. The fraction of sp³-hybridized carbons (Fsp3) is 0.273. The number of nitrogens with one attached hydrogen (secondary N) is 2. The Morgan fingerprint density at radius 1 is 1.16 bits per heavy atom. The van der Waals surface area contributed by atoms with Gasteiger partial charge in [-0.05, 0) is 6.92 Å². The zero-order valence-electron chi connectivity index (χ0n) is 9.84. The second-order valence-corrected chi connectivity index (χ2v) is 3.76. The molecule has 0 bridgehead atoms. The van der Waals surface area contributed by atoms with Gasteiger partial charge in [-0.3, -0.25) is 9.59 Å². The first-order chi connectivity index (χ1) is 8.85. The SMILES string of the molecule is CC(CO)NC(=O)C(=O)Nc1cc(F)c(F)cc1F. The van der Waals surface area contributed by atoms with Crippen LogP contribution in [0.1, 0.15) is 6.92 Å². The Kier molecular flexibility index (Phi) is 4.87. The highest BCUT2D eigenvalue weighted by Crippen LogP contribution is 2.18. The first-order valence-electron chi connectivity index (χ1n) is 5.22. The number of carbonyl (C=O) groups is 2. The molecule has 1 rings (SSSR count). The van der Waals surface area contributed by atoms with Gasteiger partial charge in [0.15, 0.2) is 11.6 Å². The molecule has 0 heterocycles. The summed E-state index contributed by atoms with van der Waals surface area (Å²) in [6.07, 6.45) is 0. The number of amides is 2. The lowest BCUT2D eigenvalue weighted by Gasteiger charge is -2.11. The molecule has 1 unspecified atom stereocenters. The van der Waals surface area contributed by atoms with Crippen LogP contribution in [0.5, 0.6) is 0 Å². The largest absolute Gasteiger partial charge is 0.394 e. The molecular formula is C11H11F3N2O3. The van der Waals surface area contributed by atoms with Crippen molar-refractivity contribution in [3.8, 4) is 0 Å². The van der Waals surface area contributed by atoms with Crippen LogP contribution in [0.25, 0.3) is 0 Å². The zero-order chi connectivity index (χ0) is 14.6. The van der Waals surface area contributed by atoms with Crippen molar-refractivity contribution in [2.45, 2.75) is 13.0 Å². The van der Waals surface area contributed by atoms with E-state index in [0.29, 0.717) is 6.07 Å². The predicted octanol–water partition coefficient (Wildman–Crippen LogP) is 0.539. The lowest BCUT2D eigenvalue weighted by atomic mass is 10.2. The van der Waals surface area contributed by atoms with Gasteiger partial charge < -0.3 is 15.7 Å². The number of halogens is 3. The number of rotatable bonds is 3. The smallest absolute Gasteiger partial charge is 0.313 e. The fourth-order valence-corrected chi connectivity index (χ4v) is 1.13. The van der Waals surface area contributed by atoms with Crippen LogP contribution in [0.3, 0.4) is 0 Å². The van der Waals surface area contributed by atoms with Crippen molar-refractivity contribution in [1.82, 2.24) is 5.32 Å². The van der Waals surface area contributed by atoms with E-state index < -0.39 is 47.6 Å². The maximum absolute atomic E-state index is 13.2. The van der Waals surface area contributed by atoms with E-state index in [1.54, 1.807) is 5.32 Å². The molecule has 8 heteroatoms. The van der Waals surface area contributed by atoms with E-state index in [0.717, 1.165) is 0 Å². The third-order valence-corrected chi connectivity index (χ3v) is 2.12. The van der Waals surface area contributed by atoms with Crippen LogP contribution in [0.2, 0.25) is 0 Å². The molecule has 0 saturated carbocycles. The number of aliphatic hydroxyl groups is 1. The van der Waals surface area contributed by atoms with Gasteiger partial charge >= 0.3 is 11.8 Å². The van der Waals surface area contributed by atoms with Gasteiger partial charge in [0.2, 0.25) is 0 Å². The molecular weight excluding hydrogens is 265 g/mol. The maximum atomic E-state index is 13.2. The average Bonchev–Trinajstić information content (AvgIpc) is 2.35. The summed E-state index contributed by atoms with van der Waals surface area (Å²) < 4.78 is 38.7. The van der Waals surface area contributed by atoms with Crippen molar-refractivity contribution in [3.05, 3.63) is 29.6 Å². The van der Waals surface area contributed by atoms with E-state index in [2.05, 4.69) is 5.32 Å². The number of hydrogen-bond donors (Lipinski definition) is 3. The van der Waals surface area contributed by atoms with Crippen LogP contribution >= 0.6 is 0 Å². The van der Waals surface area contributed by atoms with Crippen molar-refractivity contribution < 1.29 is 27.9 Å². The molecule has 1 atom stereocenters. The third-order valence-electron chi connectivity index (χ3n) is 2.12. The number of hydrogen-bond acceptors (Lipinski definition) is 3. The van der Waals surface area contributed by atoms with E-state index >= 15 is 0 Å². The molecule has 2 amide bonds. The van der Waals surface area contributed by atoms with Crippen molar-refractivity contribution >= 4 is 17.5 Å². The van der Waals surface area contributed by atoms with Gasteiger partial charge in [-0.1, -0.05) is 0 Å². The Hall–Kier alpha value is -2.09. The molecule has 1 aromatic rings. The monoisotopic (exact) mass is 276 g/mol. The summed E-state index contributed by atoms with van der Waals surface area (Å²) in [7, 11) is 0. The maximum Gasteiger partial charge on any atom is 0.313 e. The summed E-state index contributed by atoms with van der Waals surface area (Å²) >= 11 is 0. The molecule has 0 saturated heterocycles. The summed E-state index contributed by atoms with van der Waals surface area (Å²) in [5, 5.41) is 12.6.